The molecule has 22 heavy (non-hydrogen) atoms. The summed E-state index contributed by atoms with van der Waals surface area (Å²) in [5.74, 6) is 0.798. The summed E-state index contributed by atoms with van der Waals surface area (Å²) in [6, 6.07) is 9.98. The molecule has 5 nitrogen and oxygen atoms in total. The molecule has 2 aromatic rings. The highest BCUT2D eigenvalue weighted by molar-refractivity contribution is 5.21. The van der Waals surface area contributed by atoms with Crippen LogP contribution in [0.1, 0.15) is 24.4 Å². The molecule has 1 fully saturated rings. The van der Waals surface area contributed by atoms with E-state index in [2.05, 4.69) is 16.2 Å². The number of rotatable bonds is 6. The highest BCUT2D eigenvalue weighted by atomic mass is 16.5. The molecule has 0 bridgehead atoms. The fraction of sp³-hybridized carbons (Fsp3) is 0.471. The summed E-state index contributed by atoms with van der Waals surface area (Å²) in [6.45, 7) is 1.97. The van der Waals surface area contributed by atoms with E-state index in [0.717, 1.165) is 25.1 Å². The number of aliphatic hydroxyl groups is 1. The highest BCUT2D eigenvalue weighted by Crippen LogP contribution is 2.31. The van der Waals surface area contributed by atoms with Gasteiger partial charge >= 0.3 is 0 Å². The zero-order chi connectivity index (χ0) is 15.4. The summed E-state index contributed by atoms with van der Waals surface area (Å²) >= 11 is 0. The Hall–Kier alpha value is -1.85. The Bertz CT molecular complexity index is 585. The van der Waals surface area contributed by atoms with Crippen LogP contribution >= 0.6 is 0 Å². The summed E-state index contributed by atoms with van der Waals surface area (Å²) in [5, 5.41) is 14.5. The maximum Gasteiger partial charge on any atom is 0.119 e. The largest absolute Gasteiger partial charge is 0.491 e. The molecule has 1 N–H and O–H groups in total. The zero-order valence-electron chi connectivity index (χ0n) is 12.9. The Labute approximate surface area is 131 Å². The maximum atomic E-state index is 10.3. The maximum absolute atomic E-state index is 10.3. The fourth-order valence-corrected chi connectivity index (χ4v) is 3.07. The summed E-state index contributed by atoms with van der Waals surface area (Å²) in [6.07, 6.45) is 5.78. The molecule has 0 radical (unpaired) electrons. The average molecular weight is 301 g/mol. The van der Waals surface area contributed by atoms with E-state index in [1.807, 2.05) is 48.3 Å². The molecule has 3 rings (SSSR count). The second-order valence-corrected chi connectivity index (χ2v) is 5.88. The predicted octanol–water partition coefficient (Wildman–Crippen LogP) is 2.00. The number of likely N-dealkylation sites (tertiary alicyclic amines) is 1. The van der Waals surface area contributed by atoms with Crippen LogP contribution in [0, 0.1) is 0 Å². The van der Waals surface area contributed by atoms with Gasteiger partial charge in [-0.2, -0.15) is 5.10 Å². The Kier molecular flexibility index (Phi) is 4.75. The lowest BCUT2D eigenvalue weighted by atomic mass is 10.1. The number of nitrogens with zero attached hydrogens (tertiary/aromatic N) is 3. The SMILES string of the molecule is Cn1cc([C@H]2CCCN2C[C@@H](O)COc2ccccc2)cn1. The van der Waals surface area contributed by atoms with Crippen molar-refractivity contribution in [2.24, 2.45) is 7.05 Å². The van der Waals surface area contributed by atoms with Gasteiger partial charge in [-0.1, -0.05) is 18.2 Å². The van der Waals surface area contributed by atoms with Crippen molar-refractivity contribution >= 4 is 0 Å². The van der Waals surface area contributed by atoms with E-state index in [9.17, 15) is 5.11 Å². The lowest BCUT2D eigenvalue weighted by Crippen LogP contribution is -2.35. The second kappa shape index (κ2) is 6.94. The van der Waals surface area contributed by atoms with Crippen molar-refractivity contribution < 1.29 is 9.84 Å². The molecule has 0 aliphatic carbocycles. The quantitative estimate of drug-likeness (QED) is 0.886. The predicted molar refractivity (Wildman–Crippen MR) is 84.7 cm³/mol. The Morgan fingerprint density at radius 3 is 2.91 bits per heavy atom. The number of hydrogen-bond acceptors (Lipinski definition) is 4. The molecule has 2 atom stereocenters. The van der Waals surface area contributed by atoms with Gasteiger partial charge in [0, 0.05) is 31.4 Å². The molecular formula is C17H23N3O2. The van der Waals surface area contributed by atoms with Crippen LogP contribution in [0.2, 0.25) is 0 Å². The van der Waals surface area contributed by atoms with Crippen molar-refractivity contribution in [3.8, 4) is 5.75 Å². The standard InChI is InChI=1S/C17H23N3O2/c1-19-11-14(10-18-19)17-8-5-9-20(17)12-15(21)13-22-16-6-3-2-4-7-16/h2-4,6-7,10-11,15,17,21H,5,8-9,12-13H2,1H3/t15-,17-/m1/s1. The Morgan fingerprint density at radius 2 is 2.18 bits per heavy atom. The van der Waals surface area contributed by atoms with Gasteiger partial charge in [0.2, 0.25) is 0 Å². The first-order valence-corrected chi connectivity index (χ1v) is 7.81. The number of aromatic nitrogens is 2. The first-order valence-electron chi connectivity index (χ1n) is 7.81. The molecule has 0 saturated carbocycles. The summed E-state index contributed by atoms with van der Waals surface area (Å²) in [4.78, 5) is 2.33. The van der Waals surface area contributed by atoms with E-state index in [4.69, 9.17) is 4.74 Å². The van der Waals surface area contributed by atoms with Crippen LogP contribution in [0.3, 0.4) is 0 Å². The molecule has 118 valence electrons. The molecule has 0 unspecified atom stereocenters. The average Bonchev–Trinajstić information content (AvgIpc) is 3.15. The lowest BCUT2D eigenvalue weighted by molar-refractivity contribution is 0.0638. The number of benzene rings is 1. The van der Waals surface area contributed by atoms with Gasteiger partial charge in [0.1, 0.15) is 18.5 Å². The summed E-state index contributed by atoms with van der Waals surface area (Å²) in [7, 11) is 1.94. The Balaban J connectivity index is 1.53. The number of aliphatic hydroxyl groups excluding tert-OH is 1. The van der Waals surface area contributed by atoms with E-state index in [-0.39, 0.29) is 0 Å². The van der Waals surface area contributed by atoms with Crippen molar-refractivity contribution in [1.29, 1.82) is 0 Å². The van der Waals surface area contributed by atoms with E-state index in [1.165, 1.54) is 5.56 Å². The van der Waals surface area contributed by atoms with Crippen LogP contribution in [-0.4, -0.2) is 45.6 Å². The molecule has 5 heteroatoms. The van der Waals surface area contributed by atoms with Gasteiger partial charge in [0.05, 0.1) is 6.20 Å². The van der Waals surface area contributed by atoms with Crippen molar-refractivity contribution in [2.75, 3.05) is 19.7 Å². The molecule has 2 heterocycles. The molecule has 1 saturated heterocycles. The minimum atomic E-state index is -0.488. The van der Waals surface area contributed by atoms with Crippen molar-refractivity contribution in [1.82, 2.24) is 14.7 Å². The molecule has 1 aliphatic heterocycles. The normalized spacial score (nSPS) is 20.2. The van der Waals surface area contributed by atoms with E-state index < -0.39 is 6.10 Å². The van der Waals surface area contributed by atoms with Gasteiger partial charge in [0.25, 0.3) is 0 Å². The molecule has 1 aliphatic rings. The van der Waals surface area contributed by atoms with Gasteiger partial charge in [-0.3, -0.25) is 9.58 Å². The number of para-hydroxylation sites is 1. The minimum absolute atomic E-state index is 0.320. The van der Waals surface area contributed by atoms with Gasteiger partial charge in [-0.25, -0.2) is 0 Å². The smallest absolute Gasteiger partial charge is 0.119 e. The van der Waals surface area contributed by atoms with Crippen molar-refractivity contribution in [3.63, 3.8) is 0 Å². The van der Waals surface area contributed by atoms with Gasteiger partial charge in [0.15, 0.2) is 0 Å². The van der Waals surface area contributed by atoms with Crippen LogP contribution in [-0.2, 0) is 7.05 Å². The van der Waals surface area contributed by atoms with Crippen molar-refractivity contribution in [2.45, 2.75) is 25.0 Å². The van der Waals surface area contributed by atoms with Crippen LogP contribution in [0.5, 0.6) is 5.75 Å². The third-order valence-electron chi connectivity index (χ3n) is 4.10. The molecule has 1 aromatic heterocycles. The van der Waals surface area contributed by atoms with Crippen LogP contribution in [0.25, 0.3) is 0 Å². The topological polar surface area (TPSA) is 50.5 Å². The highest BCUT2D eigenvalue weighted by Gasteiger charge is 2.28. The molecule has 0 spiro atoms. The summed E-state index contributed by atoms with van der Waals surface area (Å²) < 4.78 is 7.46. The van der Waals surface area contributed by atoms with Crippen LogP contribution in [0.15, 0.2) is 42.7 Å². The lowest BCUT2D eigenvalue weighted by Gasteiger charge is -2.26. The van der Waals surface area contributed by atoms with Crippen LogP contribution in [0.4, 0.5) is 0 Å². The van der Waals surface area contributed by atoms with Gasteiger partial charge < -0.3 is 9.84 Å². The monoisotopic (exact) mass is 301 g/mol. The number of ether oxygens (including phenoxy) is 1. The Morgan fingerprint density at radius 1 is 1.36 bits per heavy atom. The fourth-order valence-electron chi connectivity index (χ4n) is 3.07. The first kappa shape index (κ1) is 15.1. The third kappa shape index (κ3) is 3.67. The van der Waals surface area contributed by atoms with Gasteiger partial charge in [-0.05, 0) is 31.5 Å². The zero-order valence-corrected chi connectivity index (χ0v) is 12.9. The van der Waals surface area contributed by atoms with Crippen molar-refractivity contribution in [3.05, 3.63) is 48.3 Å². The van der Waals surface area contributed by atoms with E-state index >= 15 is 0 Å². The molecular weight excluding hydrogens is 278 g/mol. The summed E-state index contributed by atoms with van der Waals surface area (Å²) in [5.41, 5.74) is 1.23. The second-order valence-electron chi connectivity index (χ2n) is 5.88. The molecule has 0 amide bonds. The minimum Gasteiger partial charge on any atom is -0.491 e. The number of aryl methyl sites for hydroxylation is 1. The van der Waals surface area contributed by atoms with E-state index in [1.54, 1.807) is 0 Å². The third-order valence-corrected chi connectivity index (χ3v) is 4.10. The molecule has 1 aromatic carbocycles. The number of hydrogen-bond donors (Lipinski definition) is 1. The van der Waals surface area contributed by atoms with Gasteiger partial charge in [-0.15, -0.1) is 0 Å². The number of β-amino-alcohol motifs (C(OH)–C–C–N with tert-alkyl or cyclic N) is 1. The first-order chi connectivity index (χ1) is 10.7. The van der Waals surface area contributed by atoms with E-state index in [0.29, 0.717) is 19.2 Å². The van der Waals surface area contributed by atoms with Crippen LogP contribution < -0.4 is 4.74 Å².